The summed E-state index contributed by atoms with van der Waals surface area (Å²) in [6.07, 6.45) is -0.408. The van der Waals surface area contributed by atoms with Crippen LogP contribution in [0.2, 0.25) is 0 Å². The fraction of sp³-hybridized carbons (Fsp3) is 0.875. The summed E-state index contributed by atoms with van der Waals surface area (Å²) in [5.41, 5.74) is 0. The SMILES string of the molecule is CC(C)C(O)CN1CCNC1=O. The lowest BCUT2D eigenvalue weighted by Crippen LogP contribution is -2.37. The highest BCUT2D eigenvalue weighted by molar-refractivity contribution is 5.76. The van der Waals surface area contributed by atoms with Crippen LogP contribution in [0.5, 0.6) is 0 Å². The lowest BCUT2D eigenvalue weighted by molar-refractivity contribution is 0.0933. The van der Waals surface area contributed by atoms with E-state index in [0.29, 0.717) is 19.6 Å². The second kappa shape index (κ2) is 3.76. The first-order chi connectivity index (χ1) is 5.61. The highest BCUT2D eigenvalue weighted by atomic mass is 16.3. The third kappa shape index (κ3) is 2.11. The van der Waals surface area contributed by atoms with E-state index in [1.165, 1.54) is 0 Å². The summed E-state index contributed by atoms with van der Waals surface area (Å²) in [4.78, 5) is 12.7. The van der Waals surface area contributed by atoms with E-state index >= 15 is 0 Å². The number of hydrogen-bond donors (Lipinski definition) is 2. The van der Waals surface area contributed by atoms with Crippen LogP contribution in [0.15, 0.2) is 0 Å². The number of nitrogens with one attached hydrogen (secondary N) is 1. The van der Waals surface area contributed by atoms with Gasteiger partial charge in [0, 0.05) is 19.6 Å². The Morgan fingerprint density at radius 1 is 1.67 bits per heavy atom. The molecule has 12 heavy (non-hydrogen) atoms. The number of carbonyl (C=O) groups excluding carboxylic acids is 1. The monoisotopic (exact) mass is 172 g/mol. The molecule has 4 heteroatoms. The second-order valence-corrected chi connectivity index (χ2v) is 3.49. The van der Waals surface area contributed by atoms with Gasteiger partial charge in [-0.2, -0.15) is 0 Å². The fourth-order valence-electron chi connectivity index (χ4n) is 1.12. The van der Waals surface area contributed by atoms with Crippen molar-refractivity contribution in [2.24, 2.45) is 5.92 Å². The van der Waals surface area contributed by atoms with Gasteiger partial charge >= 0.3 is 6.03 Å². The minimum atomic E-state index is -0.408. The smallest absolute Gasteiger partial charge is 0.317 e. The third-order valence-electron chi connectivity index (χ3n) is 2.12. The van der Waals surface area contributed by atoms with Gasteiger partial charge in [-0.05, 0) is 5.92 Å². The Balaban J connectivity index is 2.35. The summed E-state index contributed by atoms with van der Waals surface area (Å²) in [5.74, 6) is 0.207. The van der Waals surface area contributed by atoms with Crippen molar-refractivity contribution < 1.29 is 9.90 Å². The average molecular weight is 172 g/mol. The van der Waals surface area contributed by atoms with E-state index in [2.05, 4.69) is 5.32 Å². The molecule has 1 fully saturated rings. The number of aliphatic hydroxyl groups excluding tert-OH is 1. The number of hydrogen-bond acceptors (Lipinski definition) is 2. The maximum Gasteiger partial charge on any atom is 0.317 e. The molecule has 1 aliphatic rings. The molecule has 2 amide bonds. The van der Waals surface area contributed by atoms with E-state index in [4.69, 9.17) is 0 Å². The summed E-state index contributed by atoms with van der Waals surface area (Å²) in [6, 6.07) is -0.0605. The standard InChI is InChI=1S/C8H16N2O2/c1-6(2)7(11)5-10-4-3-9-8(10)12/h6-7,11H,3-5H2,1-2H3,(H,9,12). The Morgan fingerprint density at radius 2 is 2.33 bits per heavy atom. The number of urea groups is 1. The van der Waals surface area contributed by atoms with Gasteiger partial charge in [0.2, 0.25) is 0 Å². The first-order valence-electron chi connectivity index (χ1n) is 4.32. The summed E-state index contributed by atoms with van der Waals surface area (Å²) in [7, 11) is 0. The number of aliphatic hydroxyl groups is 1. The molecule has 0 radical (unpaired) electrons. The van der Waals surface area contributed by atoms with E-state index in [9.17, 15) is 9.90 Å². The molecule has 0 saturated carbocycles. The van der Waals surface area contributed by atoms with Gasteiger partial charge in [-0.15, -0.1) is 0 Å². The van der Waals surface area contributed by atoms with Gasteiger partial charge in [-0.3, -0.25) is 0 Å². The van der Waals surface area contributed by atoms with E-state index in [1.807, 2.05) is 13.8 Å². The lowest BCUT2D eigenvalue weighted by atomic mass is 10.1. The van der Waals surface area contributed by atoms with Gasteiger partial charge in [0.1, 0.15) is 0 Å². The quantitative estimate of drug-likeness (QED) is 0.631. The zero-order chi connectivity index (χ0) is 9.14. The van der Waals surface area contributed by atoms with Gasteiger partial charge in [-0.1, -0.05) is 13.8 Å². The third-order valence-corrected chi connectivity index (χ3v) is 2.12. The molecule has 1 aliphatic heterocycles. The van der Waals surface area contributed by atoms with Crippen LogP contribution < -0.4 is 5.32 Å². The number of rotatable bonds is 3. The van der Waals surface area contributed by atoms with Crippen molar-refractivity contribution in [1.29, 1.82) is 0 Å². The van der Waals surface area contributed by atoms with Crippen LogP contribution in [0.4, 0.5) is 4.79 Å². The Hall–Kier alpha value is -0.770. The minimum Gasteiger partial charge on any atom is -0.391 e. The minimum absolute atomic E-state index is 0.0605. The molecule has 0 bridgehead atoms. The average Bonchev–Trinajstić information content (AvgIpc) is 2.36. The summed E-state index contributed by atoms with van der Waals surface area (Å²) in [5, 5.41) is 12.2. The first-order valence-corrected chi connectivity index (χ1v) is 4.32. The molecule has 70 valence electrons. The number of carbonyl (C=O) groups is 1. The van der Waals surface area contributed by atoms with Crippen LogP contribution >= 0.6 is 0 Å². The van der Waals surface area contributed by atoms with Crippen LogP contribution in [0.25, 0.3) is 0 Å². The number of nitrogens with zero attached hydrogens (tertiary/aromatic N) is 1. The zero-order valence-electron chi connectivity index (χ0n) is 7.58. The highest BCUT2D eigenvalue weighted by Gasteiger charge is 2.22. The van der Waals surface area contributed by atoms with Crippen LogP contribution in [0.1, 0.15) is 13.8 Å². The zero-order valence-corrected chi connectivity index (χ0v) is 7.58. The van der Waals surface area contributed by atoms with Crippen molar-refractivity contribution in [3.05, 3.63) is 0 Å². The Morgan fingerprint density at radius 3 is 2.75 bits per heavy atom. The summed E-state index contributed by atoms with van der Waals surface area (Å²) in [6.45, 7) is 5.74. The largest absolute Gasteiger partial charge is 0.391 e. The van der Waals surface area contributed by atoms with Gasteiger partial charge < -0.3 is 15.3 Å². The van der Waals surface area contributed by atoms with Gasteiger partial charge in [-0.25, -0.2) is 4.79 Å². The van der Waals surface area contributed by atoms with E-state index in [0.717, 1.165) is 0 Å². The molecule has 0 spiro atoms. The van der Waals surface area contributed by atoms with Crippen molar-refractivity contribution in [3.63, 3.8) is 0 Å². The molecule has 0 aromatic rings. The van der Waals surface area contributed by atoms with Gasteiger partial charge in [0.05, 0.1) is 6.10 Å². The summed E-state index contributed by atoms with van der Waals surface area (Å²) < 4.78 is 0. The molecule has 1 heterocycles. The molecular weight excluding hydrogens is 156 g/mol. The maximum atomic E-state index is 11.0. The molecule has 1 atom stereocenters. The number of β-amino-alcohol motifs (C(OH)–C–C–N with tert-alkyl or cyclic N) is 1. The summed E-state index contributed by atoms with van der Waals surface area (Å²) >= 11 is 0. The molecule has 1 unspecified atom stereocenters. The van der Waals surface area contributed by atoms with Crippen molar-refractivity contribution in [2.75, 3.05) is 19.6 Å². The Bertz CT molecular complexity index is 170. The van der Waals surface area contributed by atoms with Gasteiger partial charge in [0.25, 0.3) is 0 Å². The Kier molecular flexibility index (Phi) is 2.92. The van der Waals surface area contributed by atoms with Crippen molar-refractivity contribution in [2.45, 2.75) is 20.0 Å². The van der Waals surface area contributed by atoms with Crippen molar-refractivity contribution in [1.82, 2.24) is 10.2 Å². The molecule has 1 saturated heterocycles. The molecule has 2 N–H and O–H groups in total. The van der Waals surface area contributed by atoms with Crippen LogP contribution in [-0.4, -0.2) is 41.8 Å². The topological polar surface area (TPSA) is 52.6 Å². The van der Waals surface area contributed by atoms with Crippen LogP contribution in [0.3, 0.4) is 0 Å². The van der Waals surface area contributed by atoms with Crippen molar-refractivity contribution in [3.8, 4) is 0 Å². The maximum absolute atomic E-state index is 11.0. The molecule has 4 nitrogen and oxygen atoms in total. The molecule has 0 aromatic carbocycles. The van der Waals surface area contributed by atoms with Gasteiger partial charge in [0.15, 0.2) is 0 Å². The van der Waals surface area contributed by atoms with Crippen LogP contribution in [0, 0.1) is 5.92 Å². The van der Waals surface area contributed by atoms with E-state index in [-0.39, 0.29) is 11.9 Å². The predicted molar refractivity (Wildman–Crippen MR) is 45.8 cm³/mol. The number of amides is 2. The second-order valence-electron chi connectivity index (χ2n) is 3.49. The molecule has 1 rings (SSSR count). The van der Waals surface area contributed by atoms with Crippen LogP contribution in [-0.2, 0) is 0 Å². The Labute approximate surface area is 72.6 Å². The van der Waals surface area contributed by atoms with E-state index in [1.54, 1.807) is 4.90 Å². The normalized spacial score (nSPS) is 20.0. The first kappa shape index (κ1) is 9.32. The highest BCUT2D eigenvalue weighted by Crippen LogP contribution is 2.05. The van der Waals surface area contributed by atoms with E-state index < -0.39 is 6.10 Å². The fourth-order valence-corrected chi connectivity index (χ4v) is 1.12. The van der Waals surface area contributed by atoms with Crippen molar-refractivity contribution >= 4 is 6.03 Å². The lowest BCUT2D eigenvalue weighted by Gasteiger charge is -2.20. The molecule has 0 aliphatic carbocycles. The predicted octanol–water partition coefficient (Wildman–Crippen LogP) is 0.0285. The molecule has 0 aromatic heterocycles. The molecular formula is C8H16N2O2.